The van der Waals surface area contributed by atoms with Crippen molar-refractivity contribution in [1.29, 1.82) is 0 Å². The van der Waals surface area contributed by atoms with E-state index >= 15 is 0 Å². The van der Waals surface area contributed by atoms with Crippen LogP contribution in [0, 0.1) is 5.82 Å². The molecule has 0 saturated carbocycles. The van der Waals surface area contributed by atoms with Crippen molar-refractivity contribution in [3.05, 3.63) is 34.6 Å². The number of halogens is 2. The maximum absolute atomic E-state index is 12.9. The Balaban J connectivity index is 2.21. The zero-order valence-corrected chi connectivity index (χ0v) is 9.46. The van der Waals surface area contributed by atoms with Gasteiger partial charge in [-0.15, -0.1) is 0 Å². The van der Waals surface area contributed by atoms with Gasteiger partial charge >= 0.3 is 8.25 Å². The van der Waals surface area contributed by atoms with Gasteiger partial charge in [-0.25, -0.2) is 4.39 Å². The fraction of sp³-hybridized carbons (Fsp3) is 0.333. The van der Waals surface area contributed by atoms with Crippen molar-refractivity contribution in [2.75, 3.05) is 6.61 Å². The van der Waals surface area contributed by atoms with E-state index < -0.39 is 14.1 Å². The number of benzene rings is 1. The third-order valence-corrected chi connectivity index (χ3v) is 3.36. The van der Waals surface area contributed by atoms with E-state index in [0.717, 1.165) is 5.56 Å². The highest BCUT2D eigenvalue weighted by Crippen LogP contribution is 2.40. The van der Waals surface area contributed by atoms with Gasteiger partial charge in [-0.05, 0) is 17.7 Å². The molecule has 2 atom stereocenters. The molecule has 82 valence electrons. The lowest BCUT2D eigenvalue weighted by Gasteiger charge is -2.22. The van der Waals surface area contributed by atoms with Gasteiger partial charge in [0.15, 0.2) is 0 Å². The molecule has 0 radical (unpaired) electrons. The molecule has 2 unspecified atom stereocenters. The summed E-state index contributed by atoms with van der Waals surface area (Å²) in [5.74, 6) is -0.472. The molecule has 1 heterocycles. The molecule has 0 bridgehead atoms. The predicted molar refractivity (Wildman–Crippen MR) is 54.8 cm³/mol. The third kappa shape index (κ3) is 2.58. The van der Waals surface area contributed by atoms with Crippen molar-refractivity contribution >= 4 is 19.9 Å². The molecular weight excluding hydrogens is 242 g/mol. The number of hydrogen-bond acceptors (Lipinski definition) is 3. The van der Waals surface area contributed by atoms with Crippen LogP contribution in [0.5, 0.6) is 0 Å². The monoisotopic (exact) mass is 250 g/mol. The van der Waals surface area contributed by atoms with Gasteiger partial charge in [0, 0.05) is 6.42 Å². The quantitative estimate of drug-likeness (QED) is 0.717. The van der Waals surface area contributed by atoms with E-state index in [1.165, 1.54) is 12.1 Å². The summed E-state index contributed by atoms with van der Waals surface area (Å²) >= 11 is 5.64. The molecule has 0 amide bonds. The van der Waals surface area contributed by atoms with Crippen LogP contribution in [0.25, 0.3) is 0 Å². The summed E-state index contributed by atoms with van der Waals surface area (Å²) in [6, 6.07) is 4.34. The maximum atomic E-state index is 12.9. The molecule has 15 heavy (non-hydrogen) atoms. The summed E-state index contributed by atoms with van der Waals surface area (Å²) in [6.45, 7) is 0.386. The first-order chi connectivity index (χ1) is 7.16. The van der Waals surface area contributed by atoms with Crippen LogP contribution < -0.4 is 0 Å². The van der Waals surface area contributed by atoms with Crippen LogP contribution in [-0.4, -0.2) is 6.61 Å². The Morgan fingerprint density at radius 1 is 1.53 bits per heavy atom. The molecule has 0 aromatic heterocycles. The van der Waals surface area contributed by atoms with Crippen LogP contribution in [-0.2, 0) is 13.6 Å². The van der Waals surface area contributed by atoms with E-state index in [-0.39, 0.29) is 11.1 Å². The lowest BCUT2D eigenvalue weighted by Crippen LogP contribution is -2.09. The Hall–Kier alpha value is -0.410. The SMILES string of the molecule is O=[PH]1OCCC(c2ccc(F)c(Cl)c2)O1. The van der Waals surface area contributed by atoms with Crippen molar-refractivity contribution in [2.45, 2.75) is 12.5 Å². The van der Waals surface area contributed by atoms with E-state index in [4.69, 9.17) is 20.6 Å². The lowest BCUT2D eigenvalue weighted by atomic mass is 10.1. The van der Waals surface area contributed by atoms with Crippen LogP contribution in [0.15, 0.2) is 18.2 Å². The highest BCUT2D eigenvalue weighted by Gasteiger charge is 2.21. The van der Waals surface area contributed by atoms with Gasteiger partial charge in [0.05, 0.1) is 17.7 Å². The Kier molecular flexibility index (Phi) is 3.42. The average molecular weight is 251 g/mol. The first-order valence-corrected chi connectivity index (χ1v) is 6.05. The maximum Gasteiger partial charge on any atom is 0.319 e. The van der Waals surface area contributed by atoms with Crippen molar-refractivity contribution < 1.29 is 18.0 Å². The number of hydrogen-bond donors (Lipinski definition) is 0. The van der Waals surface area contributed by atoms with Crippen molar-refractivity contribution in [3.8, 4) is 0 Å². The van der Waals surface area contributed by atoms with Crippen molar-refractivity contribution in [3.63, 3.8) is 0 Å². The second-order valence-corrected chi connectivity index (χ2v) is 4.60. The zero-order valence-electron chi connectivity index (χ0n) is 7.70. The molecule has 1 saturated heterocycles. The summed E-state index contributed by atoms with van der Waals surface area (Å²) in [6.07, 6.45) is 0.279. The molecule has 0 aliphatic carbocycles. The molecule has 1 aromatic rings. The van der Waals surface area contributed by atoms with Gasteiger partial charge in [0.25, 0.3) is 0 Å². The Bertz CT molecular complexity index is 399. The smallest absolute Gasteiger partial charge is 0.311 e. The second kappa shape index (κ2) is 4.62. The summed E-state index contributed by atoms with van der Waals surface area (Å²) in [5.41, 5.74) is 0.725. The number of rotatable bonds is 1. The molecular formula is C9H9ClFO3P. The minimum atomic E-state index is -2.40. The standard InChI is InChI=1S/C9H9ClFO3P/c10-7-5-6(1-2-8(7)11)9-3-4-13-15(12)14-9/h1-2,5,9,15H,3-4H2. The Morgan fingerprint density at radius 3 is 3.00 bits per heavy atom. The lowest BCUT2D eigenvalue weighted by molar-refractivity contribution is 0.0968. The van der Waals surface area contributed by atoms with Gasteiger partial charge in [0.2, 0.25) is 0 Å². The van der Waals surface area contributed by atoms with E-state index in [0.29, 0.717) is 13.0 Å². The first-order valence-electron chi connectivity index (χ1n) is 4.45. The topological polar surface area (TPSA) is 35.5 Å². The van der Waals surface area contributed by atoms with Gasteiger partial charge in [-0.1, -0.05) is 17.7 Å². The van der Waals surface area contributed by atoms with Crippen molar-refractivity contribution in [1.82, 2.24) is 0 Å². The molecule has 1 aliphatic heterocycles. The van der Waals surface area contributed by atoms with E-state index in [2.05, 4.69) is 0 Å². The second-order valence-electron chi connectivity index (χ2n) is 3.17. The molecule has 0 N–H and O–H groups in total. The van der Waals surface area contributed by atoms with E-state index in [1.807, 2.05) is 0 Å². The van der Waals surface area contributed by atoms with Gasteiger partial charge in [-0.2, -0.15) is 0 Å². The summed E-state index contributed by atoms with van der Waals surface area (Å²) in [5, 5.41) is 0.0438. The minimum Gasteiger partial charge on any atom is -0.311 e. The highest BCUT2D eigenvalue weighted by molar-refractivity contribution is 7.33. The van der Waals surface area contributed by atoms with Crippen LogP contribution in [0.1, 0.15) is 18.1 Å². The molecule has 3 nitrogen and oxygen atoms in total. The van der Waals surface area contributed by atoms with Crippen LogP contribution in [0.2, 0.25) is 5.02 Å². The van der Waals surface area contributed by atoms with Crippen LogP contribution in [0.4, 0.5) is 4.39 Å². The Morgan fingerprint density at radius 2 is 2.33 bits per heavy atom. The highest BCUT2D eigenvalue weighted by atomic mass is 35.5. The molecule has 6 heteroatoms. The van der Waals surface area contributed by atoms with E-state index in [1.54, 1.807) is 6.07 Å². The largest absolute Gasteiger partial charge is 0.319 e. The van der Waals surface area contributed by atoms with Crippen LogP contribution >= 0.6 is 19.9 Å². The van der Waals surface area contributed by atoms with Gasteiger partial charge in [-0.3, -0.25) is 4.57 Å². The van der Waals surface area contributed by atoms with Crippen molar-refractivity contribution in [2.24, 2.45) is 0 Å². The Labute approximate surface area is 92.1 Å². The molecule has 2 rings (SSSR count). The summed E-state index contributed by atoms with van der Waals surface area (Å²) in [7, 11) is -2.40. The molecule has 1 aromatic carbocycles. The summed E-state index contributed by atoms with van der Waals surface area (Å²) in [4.78, 5) is 0. The minimum absolute atomic E-state index is 0.0438. The fourth-order valence-electron chi connectivity index (χ4n) is 1.41. The predicted octanol–water partition coefficient (Wildman–Crippen LogP) is 3.35. The fourth-order valence-corrected chi connectivity index (χ4v) is 2.43. The molecule has 1 fully saturated rings. The molecule has 1 aliphatic rings. The first kappa shape index (κ1) is 11.1. The van der Waals surface area contributed by atoms with Crippen LogP contribution in [0.3, 0.4) is 0 Å². The normalized spacial score (nSPS) is 26.5. The van der Waals surface area contributed by atoms with E-state index in [9.17, 15) is 8.96 Å². The third-order valence-electron chi connectivity index (χ3n) is 2.15. The van der Waals surface area contributed by atoms with Gasteiger partial charge < -0.3 is 9.05 Å². The zero-order chi connectivity index (χ0) is 10.8. The van der Waals surface area contributed by atoms with Gasteiger partial charge in [0.1, 0.15) is 5.82 Å². The average Bonchev–Trinajstić information content (AvgIpc) is 2.22. The summed E-state index contributed by atoms with van der Waals surface area (Å²) < 4.78 is 33.8. The molecule has 0 spiro atoms.